The Hall–Kier alpha value is -3.29. The molecule has 3 rings (SSSR count). The van der Waals surface area contributed by atoms with Crippen LogP contribution in [0.1, 0.15) is 15.9 Å². The van der Waals surface area contributed by atoms with E-state index in [2.05, 4.69) is 4.72 Å². The summed E-state index contributed by atoms with van der Waals surface area (Å²) in [6.07, 6.45) is -5.08. The number of aliphatic carboxylic acids is 1. The van der Waals surface area contributed by atoms with E-state index < -0.39 is 28.1 Å². The highest BCUT2D eigenvalue weighted by atomic mass is 35.5. The number of carbonyl (C=O) groups is 2. The van der Waals surface area contributed by atoms with E-state index in [1.807, 2.05) is 30.3 Å². The molecule has 14 heteroatoms. The lowest BCUT2D eigenvalue weighted by molar-refractivity contribution is -0.192. The molecule has 0 radical (unpaired) electrons. The van der Waals surface area contributed by atoms with E-state index in [4.69, 9.17) is 21.5 Å². The molecule has 8 nitrogen and oxygen atoms in total. The lowest BCUT2D eigenvalue weighted by Gasteiger charge is -2.22. The van der Waals surface area contributed by atoms with Crippen molar-refractivity contribution >= 4 is 56.3 Å². The van der Waals surface area contributed by atoms with Crippen molar-refractivity contribution in [1.82, 2.24) is 0 Å². The van der Waals surface area contributed by atoms with E-state index in [-0.39, 0.29) is 15.5 Å². The molecule has 0 amide bonds. The highest BCUT2D eigenvalue weighted by Crippen LogP contribution is 2.29. The number of halogens is 4. The summed E-state index contributed by atoms with van der Waals surface area (Å²) in [5, 5.41) is 16.7. The Morgan fingerprint density at radius 2 is 1.66 bits per heavy atom. The van der Waals surface area contributed by atoms with Gasteiger partial charge in [0.05, 0.1) is 15.6 Å². The predicted molar refractivity (Wildman–Crippen MR) is 126 cm³/mol. The third-order valence-corrected chi connectivity index (χ3v) is 7.31. The Bertz CT molecular complexity index is 1300. The van der Waals surface area contributed by atoms with Gasteiger partial charge in [-0.25, -0.2) is 18.0 Å². The van der Waals surface area contributed by atoms with E-state index in [9.17, 15) is 31.5 Å². The number of carboxylic acid groups (broad SMARTS) is 2. The van der Waals surface area contributed by atoms with E-state index in [1.165, 1.54) is 24.3 Å². The van der Waals surface area contributed by atoms with Crippen LogP contribution in [0.25, 0.3) is 0 Å². The van der Waals surface area contributed by atoms with Gasteiger partial charge in [-0.1, -0.05) is 41.9 Å². The standard InChI is InChI=1S/C19H17ClN2O4S2.C2HF3O2/c1-22(12-13-5-3-2-4-6-13)16-8-7-14(11-15(16)19(23)24)21-28(25,26)18-10-9-17(20)27-18;3-2(4,5)1(6)7/h2-11,21H,12H2,1H3,(H,23,24);(H,6,7). The fourth-order valence-corrected chi connectivity index (χ4v) is 5.23. The first kappa shape index (κ1) is 28.0. The Morgan fingerprint density at radius 3 is 2.14 bits per heavy atom. The zero-order valence-corrected chi connectivity index (χ0v) is 20.2. The molecule has 1 heterocycles. The van der Waals surface area contributed by atoms with Crippen LogP contribution in [0.2, 0.25) is 4.34 Å². The molecule has 2 aromatic carbocycles. The molecular formula is C21H18ClF3N2O6S2. The van der Waals surface area contributed by atoms with Crippen molar-refractivity contribution in [1.29, 1.82) is 0 Å². The first-order valence-electron chi connectivity index (χ1n) is 9.41. The van der Waals surface area contributed by atoms with Crippen molar-refractivity contribution in [3.05, 3.63) is 76.1 Å². The zero-order valence-electron chi connectivity index (χ0n) is 17.8. The fourth-order valence-electron chi connectivity index (χ4n) is 2.69. The molecule has 0 saturated heterocycles. The maximum atomic E-state index is 12.4. The van der Waals surface area contributed by atoms with Crippen LogP contribution >= 0.6 is 22.9 Å². The van der Waals surface area contributed by atoms with Crippen molar-refractivity contribution in [2.75, 3.05) is 16.7 Å². The summed E-state index contributed by atoms with van der Waals surface area (Å²) in [5.74, 6) is -3.90. The van der Waals surface area contributed by atoms with Crippen molar-refractivity contribution in [2.45, 2.75) is 16.9 Å². The number of hydrogen-bond acceptors (Lipinski definition) is 6. The number of sulfonamides is 1. The van der Waals surface area contributed by atoms with Gasteiger partial charge in [-0.3, -0.25) is 4.72 Å². The van der Waals surface area contributed by atoms with Crippen molar-refractivity contribution in [3.63, 3.8) is 0 Å². The number of rotatable bonds is 7. The molecule has 1 aromatic heterocycles. The number of nitrogens with one attached hydrogen (secondary N) is 1. The number of benzene rings is 2. The minimum Gasteiger partial charge on any atom is -0.478 e. The summed E-state index contributed by atoms with van der Waals surface area (Å²) < 4.78 is 59.4. The zero-order chi connectivity index (χ0) is 26.4. The first-order valence-corrected chi connectivity index (χ1v) is 12.1. The molecular weight excluding hydrogens is 533 g/mol. The van der Waals surface area contributed by atoms with E-state index in [0.29, 0.717) is 16.6 Å². The number of aromatic carboxylic acids is 1. The molecule has 0 saturated carbocycles. The summed E-state index contributed by atoms with van der Waals surface area (Å²) in [6, 6.07) is 17.0. The molecule has 188 valence electrons. The summed E-state index contributed by atoms with van der Waals surface area (Å²) in [4.78, 5) is 22.4. The van der Waals surface area contributed by atoms with Crippen LogP contribution in [0.15, 0.2) is 64.9 Å². The highest BCUT2D eigenvalue weighted by molar-refractivity contribution is 7.94. The van der Waals surface area contributed by atoms with Crippen LogP contribution in [0, 0.1) is 0 Å². The Balaban J connectivity index is 0.000000540. The van der Waals surface area contributed by atoms with Crippen molar-refractivity contribution in [2.24, 2.45) is 0 Å². The van der Waals surface area contributed by atoms with Gasteiger partial charge in [0.25, 0.3) is 10.0 Å². The van der Waals surface area contributed by atoms with Gasteiger partial charge in [0.2, 0.25) is 0 Å². The Kier molecular flexibility index (Phi) is 9.12. The molecule has 0 unspecified atom stereocenters. The summed E-state index contributed by atoms with van der Waals surface area (Å²) in [7, 11) is -2.06. The second-order valence-electron chi connectivity index (χ2n) is 6.85. The predicted octanol–water partition coefficient (Wildman–Crippen LogP) is 5.17. The minimum atomic E-state index is -5.08. The topological polar surface area (TPSA) is 124 Å². The van der Waals surface area contributed by atoms with Gasteiger partial charge in [-0.05, 0) is 35.9 Å². The first-order chi connectivity index (χ1) is 16.2. The number of nitrogens with zero attached hydrogens (tertiary/aromatic N) is 1. The molecule has 0 aliphatic carbocycles. The van der Waals surface area contributed by atoms with Crippen LogP contribution in [0.4, 0.5) is 24.5 Å². The third-order valence-electron chi connectivity index (χ3n) is 4.21. The number of alkyl halides is 3. The quantitative estimate of drug-likeness (QED) is 0.371. The van der Waals surface area contributed by atoms with Gasteiger partial charge in [0.1, 0.15) is 4.21 Å². The highest BCUT2D eigenvalue weighted by Gasteiger charge is 2.38. The van der Waals surface area contributed by atoms with Gasteiger partial charge in [-0.2, -0.15) is 13.2 Å². The Labute approximate surface area is 207 Å². The fraction of sp³-hybridized carbons (Fsp3) is 0.143. The van der Waals surface area contributed by atoms with E-state index >= 15 is 0 Å². The second-order valence-corrected chi connectivity index (χ2v) is 10.5. The molecule has 0 atom stereocenters. The normalized spacial score (nSPS) is 11.2. The molecule has 0 aliphatic rings. The van der Waals surface area contributed by atoms with Gasteiger partial charge < -0.3 is 15.1 Å². The minimum absolute atomic E-state index is 0.00263. The lowest BCUT2D eigenvalue weighted by Crippen LogP contribution is -2.21. The van der Waals surface area contributed by atoms with Crippen molar-refractivity contribution < 1.29 is 41.4 Å². The van der Waals surface area contributed by atoms with E-state index in [1.54, 1.807) is 18.0 Å². The van der Waals surface area contributed by atoms with Crippen molar-refractivity contribution in [3.8, 4) is 0 Å². The largest absolute Gasteiger partial charge is 0.490 e. The monoisotopic (exact) mass is 550 g/mol. The number of thiophene rings is 1. The van der Waals surface area contributed by atoms with Crippen LogP contribution in [-0.2, 0) is 21.4 Å². The van der Waals surface area contributed by atoms with Gasteiger partial charge in [-0.15, -0.1) is 11.3 Å². The summed E-state index contributed by atoms with van der Waals surface area (Å²) >= 11 is 6.73. The molecule has 0 fully saturated rings. The SMILES string of the molecule is CN(Cc1ccccc1)c1ccc(NS(=O)(=O)c2ccc(Cl)s2)cc1C(=O)O.O=C(O)C(F)(F)F. The molecule has 0 bridgehead atoms. The average molecular weight is 551 g/mol. The maximum Gasteiger partial charge on any atom is 0.490 e. The van der Waals surface area contributed by atoms with Crippen LogP contribution in [-0.4, -0.2) is 43.8 Å². The summed E-state index contributed by atoms with van der Waals surface area (Å²) in [6.45, 7) is 0.514. The van der Waals surface area contributed by atoms with Gasteiger partial charge in [0.15, 0.2) is 0 Å². The molecule has 3 aromatic rings. The second kappa shape index (κ2) is 11.4. The maximum absolute atomic E-state index is 12.4. The van der Waals surface area contributed by atoms with Crippen LogP contribution < -0.4 is 9.62 Å². The van der Waals surface area contributed by atoms with E-state index in [0.717, 1.165) is 16.9 Å². The molecule has 3 N–H and O–H groups in total. The molecule has 0 aliphatic heterocycles. The Morgan fingerprint density at radius 1 is 1.06 bits per heavy atom. The number of anilines is 2. The summed E-state index contributed by atoms with van der Waals surface area (Å²) in [5.41, 5.74) is 1.68. The smallest absolute Gasteiger partial charge is 0.478 e. The van der Waals surface area contributed by atoms with Crippen LogP contribution in [0.5, 0.6) is 0 Å². The molecule has 35 heavy (non-hydrogen) atoms. The number of hydrogen-bond donors (Lipinski definition) is 3. The molecule has 0 spiro atoms. The third kappa shape index (κ3) is 8.16. The van der Waals surface area contributed by atoms with Crippen LogP contribution in [0.3, 0.4) is 0 Å². The van der Waals surface area contributed by atoms with Gasteiger partial charge in [0, 0.05) is 19.3 Å². The number of carboxylic acids is 2. The average Bonchev–Trinajstić information content (AvgIpc) is 3.21. The lowest BCUT2D eigenvalue weighted by atomic mass is 10.1. The van der Waals surface area contributed by atoms with Gasteiger partial charge >= 0.3 is 18.1 Å².